The number of piperidine rings is 1. The van der Waals surface area contributed by atoms with Crippen molar-refractivity contribution in [3.63, 3.8) is 0 Å². The average Bonchev–Trinajstić information content (AvgIpc) is 3.03. The third-order valence-electron chi connectivity index (χ3n) is 4.42. The summed E-state index contributed by atoms with van der Waals surface area (Å²) in [6.45, 7) is 4.60. The van der Waals surface area contributed by atoms with Crippen molar-refractivity contribution in [3.8, 4) is 5.75 Å². The van der Waals surface area contributed by atoms with Gasteiger partial charge in [0.05, 0.1) is 11.2 Å². The Bertz CT molecular complexity index is 822. The van der Waals surface area contributed by atoms with Gasteiger partial charge in [-0.3, -0.25) is 0 Å². The second kappa shape index (κ2) is 6.51. The van der Waals surface area contributed by atoms with Crippen molar-refractivity contribution < 1.29 is 4.74 Å². The Morgan fingerprint density at radius 1 is 1.08 bits per heavy atom. The van der Waals surface area contributed by atoms with Crippen LogP contribution in [0, 0.1) is 6.92 Å². The van der Waals surface area contributed by atoms with E-state index >= 15 is 0 Å². The molecule has 124 valence electrons. The topological polar surface area (TPSA) is 54.0 Å². The van der Waals surface area contributed by atoms with Crippen LogP contribution in [0.4, 0.5) is 5.82 Å². The first-order valence-corrected chi connectivity index (χ1v) is 8.58. The Morgan fingerprint density at radius 3 is 2.67 bits per heavy atom. The van der Waals surface area contributed by atoms with Crippen molar-refractivity contribution in [1.29, 1.82) is 0 Å². The number of anilines is 1. The zero-order valence-electron chi connectivity index (χ0n) is 14.0. The molecule has 0 saturated carbocycles. The molecule has 5 heteroatoms. The van der Waals surface area contributed by atoms with Gasteiger partial charge < -0.3 is 14.6 Å². The minimum absolute atomic E-state index is 0.499. The van der Waals surface area contributed by atoms with Crippen molar-refractivity contribution in [1.82, 2.24) is 15.0 Å². The number of hydrogen-bond donors (Lipinski definition) is 1. The molecule has 0 bridgehead atoms. The van der Waals surface area contributed by atoms with Crippen LogP contribution in [0.3, 0.4) is 0 Å². The van der Waals surface area contributed by atoms with Crippen molar-refractivity contribution >= 4 is 16.9 Å². The summed E-state index contributed by atoms with van der Waals surface area (Å²) < 4.78 is 5.84. The number of ether oxygens (including phenoxy) is 1. The number of fused-ring (bicyclic) bond motifs is 1. The highest BCUT2D eigenvalue weighted by Gasteiger charge is 2.18. The Labute approximate surface area is 141 Å². The Kier molecular flexibility index (Phi) is 4.07. The first-order valence-electron chi connectivity index (χ1n) is 8.58. The van der Waals surface area contributed by atoms with Gasteiger partial charge >= 0.3 is 0 Å². The molecule has 3 heterocycles. The Balaban J connectivity index is 1.62. The quantitative estimate of drug-likeness (QED) is 0.793. The van der Waals surface area contributed by atoms with E-state index in [1.807, 2.05) is 37.3 Å². The molecule has 0 aliphatic carbocycles. The molecular formula is C19H22N4O. The summed E-state index contributed by atoms with van der Waals surface area (Å²) in [5.74, 6) is 2.72. The summed E-state index contributed by atoms with van der Waals surface area (Å²) in [5.41, 5.74) is 3.01. The second-order valence-electron chi connectivity index (χ2n) is 6.30. The lowest BCUT2D eigenvalue weighted by atomic mass is 10.1. The van der Waals surface area contributed by atoms with Gasteiger partial charge in [0, 0.05) is 13.1 Å². The highest BCUT2D eigenvalue weighted by molar-refractivity contribution is 5.87. The number of nitrogens with zero attached hydrogens (tertiary/aromatic N) is 3. The van der Waals surface area contributed by atoms with Crippen molar-refractivity contribution in [2.24, 2.45) is 0 Å². The van der Waals surface area contributed by atoms with E-state index in [2.05, 4.69) is 20.9 Å². The van der Waals surface area contributed by atoms with Gasteiger partial charge in [0.25, 0.3) is 0 Å². The van der Waals surface area contributed by atoms with E-state index < -0.39 is 0 Å². The predicted molar refractivity (Wildman–Crippen MR) is 95.5 cm³/mol. The Morgan fingerprint density at radius 2 is 1.88 bits per heavy atom. The zero-order valence-corrected chi connectivity index (χ0v) is 14.0. The molecule has 3 aromatic rings. The number of aromatic amines is 1. The molecular weight excluding hydrogens is 300 g/mol. The smallest absolute Gasteiger partial charge is 0.156 e. The van der Waals surface area contributed by atoms with E-state index in [1.165, 1.54) is 19.3 Å². The van der Waals surface area contributed by atoms with Gasteiger partial charge in [0.2, 0.25) is 0 Å². The minimum Gasteiger partial charge on any atom is -0.487 e. The highest BCUT2D eigenvalue weighted by atomic mass is 16.5. The molecule has 4 rings (SSSR count). The number of nitrogens with one attached hydrogen (secondary N) is 1. The number of rotatable bonds is 4. The molecule has 1 aliphatic heterocycles. The maximum absolute atomic E-state index is 5.84. The predicted octanol–water partition coefficient (Wildman–Crippen LogP) is 3.84. The molecule has 1 saturated heterocycles. The number of hydrogen-bond acceptors (Lipinski definition) is 4. The first-order chi connectivity index (χ1) is 11.8. The molecule has 1 fully saturated rings. The van der Waals surface area contributed by atoms with Crippen LogP contribution >= 0.6 is 0 Å². The molecule has 1 aromatic carbocycles. The summed E-state index contributed by atoms with van der Waals surface area (Å²) >= 11 is 0. The fourth-order valence-corrected chi connectivity index (χ4v) is 3.26. The number of aryl methyl sites for hydroxylation is 1. The van der Waals surface area contributed by atoms with E-state index in [1.54, 1.807) is 0 Å². The second-order valence-corrected chi connectivity index (χ2v) is 6.30. The summed E-state index contributed by atoms with van der Waals surface area (Å²) in [5, 5.41) is 0. The molecule has 1 N–H and O–H groups in total. The molecule has 24 heavy (non-hydrogen) atoms. The monoisotopic (exact) mass is 322 g/mol. The fraction of sp³-hybridized carbons (Fsp3) is 0.368. The molecule has 0 atom stereocenters. The lowest BCUT2D eigenvalue weighted by Crippen LogP contribution is -2.30. The van der Waals surface area contributed by atoms with Gasteiger partial charge in [-0.25, -0.2) is 9.97 Å². The molecule has 0 radical (unpaired) electrons. The van der Waals surface area contributed by atoms with Crippen LogP contribution in [0.2, 0.25) is 0 Å². The average molecular weight is 322 g/mol. The largest absolute Gasteiger partial charge is 0.487 e. The standard InChI is InChI=1S/C19H22N4O/c1-14-20-17-12-15(13-24-16-8-4-2-5-9-16)22-18(17)19(21-14)23-10-6-3-7-11-23/h2,4-5,8-9,12,22H,3,6-7,10-11,13H2,1H3. The maximum atomic E-state index is 5.84. The highest BCUT2D eigenvalue weighted by Crippen LogP contribution is 2.27. The third-order valence-corrected chi connectivity index (χ3v) is 4.42. The number of aromatic nitrogens is 3. The lowest BCUT2D eigenvalue weighted by Gasteiger charge is -2.28. The molecule has 2 aromatic heterocycles. The van der Waals surface area contributed by atoms with Crippen LogP contribution in [0.15, 0.2) is 36.4 Å². The molecule has 0 amide bonds. The van der Waals surface area contributed by atoms with Crippen LogP contribution < -0.4 is 9.64 Å². The van der Waals surface area contributed by atoms with Crippen molar-refractivity contribution in [2.45, 2.75) is 32.8 Å². The van der Waals surface area contributed by atoms with Crippen LogP contribution in [-0.4, -0.2) is 28.0 Å². The fourth-order valence-electron chi connectivity index (χ4n) is 3.26. The first kappa shape index (κ1) is 15.0. The number of benzene rings is 1. The van der Waals surface area contributed by atoms with E-state index in [9.17, 15) is 0 Å². The summed E-state index contributed by atoms with van der Waals surface area (Å²) in [6, 6.07) is 11.9. The van der Waals surface area contributed by atoms with Gasteiger partial charge in [-0.15, -0.1) is 0 Å². The number of para-hydroxylation sites is 1. The number of H-pyrrole nitrogens is 1. The van der Waals surface area contributed by atoms with Gasteiger partial charge in [-0.1, -0.05) is 18.2 Å². The Hall–Kier alpha value is -2.56. The van der Waals surface area contributed by atoms with Crippen LogP contribution in [-0.2, 0) is 6.61 Å². The van der Waals surface area contributed by atoms with E-state index in [4.69, 9.17) is 9.72 Å². The summed E-state index contributed by atoms with van der Waals surface area (Å²) in [7, 11) is 0. The van der Waals surface area contributed by atoms with Crippen LogP contribution in [0.5, 0.6) is 5.75 Å². The molecule has 1 aliphatic rings. The van der Waals surface area contributed by atoms with Crippen LogP contribution in [0.25, 0.3) is 11.0 Å². The maximum Gasteiger partial charge on any atom is 0.156 e. The summed E-state index contributed by atoms with van der Waals surface area (Å²) in [4.78, 5) is 15.1. The molecule has 5 nitrogen and oxygen atoms in total. The normalized spacial score (nSPS) is 15.0. The molecule has 0 spiro atoms. The van der Waals surface area contributed by atoms with Gasteiger partial charge in [0.1, 0.15) is 23.7 Å². The molecule has 0 unspecified atom stereocenters. The lowest BCUT2D eigenvalue weighted by molar-refractivity contribution is 0.302. The van der Waals surface area contributed by atoms with Gasteiger partial charge in [-0.05, 0) is 44.4 Å². The summed E-state index contributed by atoms with van der Waals surface area (Å²) in [6.07, 6.45) is 3.77. The van der Waals surface area contributed by atoms with E-state index in [0.717, 1.165) is 47.2 Å². The SMILES string of the molecule is Cc1nc(N2CCCCC2)c2[nH]c(COc3ccccc3)cc2n1. The third kappa shape index (κ3) is 3.07. The van der Waals surface area contributed by atoms with Gasteiger partial charge in [0.15, 0.2) is 5.82 Å². The van der Waals surface area contributed by atoms with Gasteiger partial charge in [-0.2, -0.15) is 0 Å². The van der Waals surface area contributed by atoms with Crippen molar-refractivity contribution in [2.75, 3.05) is 18.0 Å². The van der Waals surface area contributed by atoms with Crippen LogP contribution in [0.1, 0.15) is 30.8 Å². The zero-order chi connectivity index (χ0) is 16.4. The van der Waals surface area contributed by atoms with Crippen molar-refractivity contribution in [3.05, 3.63) is 47.9 Å². The van der Waals surface area contributed by atoms with E-state index in [-0.39, 0.29) is 0 Å². The minimum atomic E-state index is 0.499. The van der Waals surface area contributed by atoms with E-state index in [0.29, 0.717) is 6.61 Å².